The Kier molecular flexibility index (Phi) is 4.01. The summed E-state index contributed by atoms with van der Waals surface area (Å²) in [6.45, 7) is 0. The van der Waals surface area contributed by atoms with Gasteiger partial charge in [-0.3, -0.25) is 4.98 Å². The molecule has 0 bridgehead atoms. The van der Waals surface area contributed by atoms with Crippen LogP contribution in [0, 0.1) is 0 Å². The Labute approximate surface area is 138 Å². The number of nitrogens with two attached hydrogens (primary N) is 1. The summed E-state index contributed by atoms with van der Waals surface area (Å²) in [6.07, 6.45) is 1.80. The fourth-order valence-corrected chi connectivity index (χ4v) is 3.42. The van der Waals surface area contributed by atoms with Gasteiger partial charge in [-0.25, -0.2) is 0 Å². The van der Waals surface area contributed by atoms with E-state index in [1.807, 2.05) is 30.3 Å². The van der Waals surface area contributed by atoms with Crippen LogP contribution in [0.15, 0.2) is 67.4 Å². The van der Waals surface area contributed by atoms with Crippen LogP contribution < -0.4 is 5.73 Å². The summed E-state index contributed by atoms with van der Waals surface area (Å²) >= 11 is 8.57. The number of anilines is 1. The van der Waals surface area contributed by atoms with Crippen molar-refractivity contribution in [1.29, 1.82) is 0 Å². The van der Waals surface area contributed by atoms with Crippen LogP contribution in [0.1, 0.15) is 0 Å². The molecule has 0 aliphatic carbocycles. The Bertz CT molecular complexity index is 773. The maximum Gasteiger partial charge on any atom is 0.0862 e. The zero-order chi connectivity index (χ0) is 14.1. The molecule has 0 atom stereocenters. The molecule has 20 heavy (non-hydrogen) atoms. The standard InChI is InChI=1S/C15H10Br2N2S/c16-9-1-3-11(4-2-9)20-14-6-5-13(18)12-7-10(17)8-19-15(12)14/h1-8H,18H2. The van der Waals surface area contributed by atoms with Crippen LogP contribution in [0.25, 0.3) is 10.9 Å². The van der Waals surface area contributed by atoms with Gasteiger partial charge >= 0.3 is 0 Å². The Hall–Kier alpha value is -1.04. The van der Waals surface area contributed by atoms with Gasteiger partial charge in [0.1, 0.15) is 0 Å². The van der Waals surface area contributed by atoms with E-state index in [0.717, 1.165) is 30.4 Å². The molecule has 0 unspecified atom stereocenters. The lowest BCUT2D eigenvalue weighted by molar-refractivity contribution is 1.33. The third-order valence-corrected chi connectivity index (χ3v) is 4.87. The van der Waals surface area contributed by atoms with Gasteiger partial charge in [-0.1, -0.05) is 27.7 Å². The summed E-state index contributed by atoms with van der Waals surface area (Å²) in [6, 6.07) is 14.2. The van der Waals surface area contributed by atoms with E-state index in [1.165, 1.54) is 4.90 Å². The topological polar surface area (TPSA) is 38.9 Å². The average Bonchev–Trinajstić information content (AvgIpc) is 2.44. The van der Waals surface area contributed by atoms with Crippen LogP contribution in [-0.2, 0) is 0 Å². The highest BCUT2D eigenvalue weighted by Crippen LogP contribution is 2.35. The first kappa shape index (κ1) is 13.9. The third kappa shape index (κ3) is 2.85. The fourth-order valence-electron chi connectivity index (χ4n) is 1.90. The molecule has 2 N–H and O–H groups in total. The van der Waals surface area contributed by atoms with Crippen LogP contribution in [-0.4, -0.2) is 4.98 Å². The van der Waals surface area contributed by atoms with E-state index in [9.17, 15) is 0 Å². The van der Waals surface area contributed by atoms with Gasteiger partial charge in [0.2, 0.25) is 0 Å². The van der Waals surface area contributed by atoms with Crippen LogP contribution >= 0.6 is 43.6 Å². The van der Waals surface area contributed by atoms with Crippen molar-refractivity contribution in [2.24, 2.45) is 0 Å². The molecule has 1 heterocycles. The second-order valence-corrected chi connectivity index (χ2v) is 7.21. The van der Waals surface area contributed by atoms with Crippen molar-refractivity contribution in [2.45, 2.75) is 9.79 Å². The number of pyridine rings is 1. The minimum Gasteiger partial charge on any atom is -0.398 e. The molecule has 0 spiro atoms. The quantitative estimate of drug-likeness (QED) is 0.568. The Balaban J connectivity index is 2.08. The molecule has 0 saturated heterocycles. The first-order valence-corrected chi connectivity index (χ1v) is 8.31. The van der Waals surface area contributed by atoms with E-state index in [4.69, 9.17) is 5.73 Å². The lowest BCUT2D eigenvalue weighted by Gasteiger charge is -2.08. The summed E-state index contributed by atoms with van der Waals surface area (Å²) in [5.74, 6) is 0. The summed E-state index contributed by atoms with van der Waals surface area (Å²) in [5.41, 5.74) is 7.71. The van der Waals surface area contributed by atoms with Crippen molar-refractivity contribution in [3.05, 3.63) is 57.6 Å². The van der Waals surface area contributed by atoms with Gasteiger partial charge in [-0.2, -0.15) is 0 Å². The Morgan fingerprint density at radius 3 is 2.45 bits per heavy atom. The SMILES string of the molecule is Nc1ccc(Sc2ccc(Br)cc2)c2ncc(Br)cc12. The molecule has 0 radical (unpaired) electrons. The zero-order valence-corrected chi connectivity index (χ0v) is 14.3. The maximum absolute atomic E-state index is 6.03. The molecule has 0 fully saturated rings. The summed E-state index contributed by atoms with van der Waals surface area (Å²) in [4.78, 5) is 6.77. The maximum atomic E-state index is 6.03. The predicted molar refractivity (Wildman–Crippen MR) is 92.1 cm³/mol. The molecule has 100 valence electrons. The number of aromatic nitrogens is 1. The molecule has 3 aromatic rings. The summed E-state index contributed by atoms with van der Waals surface area (Å²) in [7, 11) is 0. The first-order valence-electron chi connectivity index (χ1n) is 5.90. The number of hydrogen-bond donors (Lipinski definition) is 1. The lowest BCUT2D eigenvalue weighted by Crippen LogP contribution is -1.90. The second kappa shape index (κ2) is 5.76. The number of hydrogen-bond acceptors (Lipinski definition) is 3. The molecule has 2 aromatic carbocycles. The molecule has 3 rings (SSSR count). The highest BCUT2D eigenvalue weighted by atomic mass is 79.9. The van der Waals surface area contributed by atoms with Crippen molar-refractivity contribution in [3.8, 4) is 0 Å². The molecule has 0 amide bonds. The number of benzene rings is 2. The number of fused-ring (bicyclic) bond motifs is 1. The van der Waals surface area contributed by atoms with Crippen molar-refractivity contribution in [3.63, 3.8) is 0 Å². The van der Waals surface area contributed by atoms with Gasteiger partial charge in [-0.05, 0) is 58.4 Å². The predicted octanol–water partition coefficient (Wildman–Crippen LogP) is 5.49. The van der Waals surface area contributed by atoms with Crippen molar-refractivity contribution in [1.82, 2.24) is 4.98 Å². The molecule has 2 nitrogen and oxygen atoms in total. The van der Waals surface area contributed by atoms with E-state index in [2.05, 4.69) is 49.0 Å². The van der Waals surface area contributed by atoms with E-state index >= 15 is 0 Å². The third-order valence-electron chi connectivity index (χ3n) is 2.85. The monoisotopic (exact) mass is 408 g/mol. The number of nitrogen functional groups attached to an aromatic ring is 1. The number of rotatable bonds is 2. The molecular weight excluding hydrogens is 400 g/mol. The van der Waals surface area contributed by atoms with E-state index in [-0.39, 0.29) is 0 Å². The summed E-state index contributed by atoms with van der Waals surface area (Å²) in [5, 5.41) is 0.974. The van der Waals surface area contributed by atoms with Gasteiger partial charge < -0.3 is 5.73 Å². The van der Waals surface area contributed by atoms with Crippen molar-refractivity contribution < 1.29 is 0 Å². The number of nitrogens with zero attached hydrogens (tertiary/aromatic N) is 1. The average molecular weight is 410 g/mol. The molecule has 0 aliphatic heterocycles. The largest absolute Gasteiger partial charge is 0.398 e. The summed E-state index contributed by atoms with van der Waals surface area (Å²) < 4.78 is 2.01. The number of halogens is 2. The van der Waals surface area contributed by atoms with Crippen LogP contribution in [0.3, 0.4) is 0 Å². The van der Waals surface area contributed by atoms with Crippen LogP contribution in [0.5, 0.6) is 0 Å². The normalized spacial score (nSPS) is 10.9. The second-order valence-electron chi connectivity index (χ2n) is 4.26. The molecular formula is C15H10Br2N2S. The Morgan fingerprint density at radius 2 is 1.70 bits per heavy atom. The minimum absolute atomic E-state index is 0.744. The van der Waals surface area contributed by atoms with Gasteiger partial charge in [0.05, 0.1) is 5.52 Å². The van der Waals surface area contributed by atoms with Gasteiger partial charge in [-0.15, -0.1) is 0 Å². The molecule has 0 aliphatic rings. The zero-order valence-electron chi connectivity index (χ0n) is 10.3. The molecule has 5 heteroatoms. The van der Waals surface area contributed by atoms with Gasteiger partial charge in [0, 0.05) is 36.0 Å². The first-order chi connectivity index (χ1) is 9.63. The molecule has 0 saturated carbocycles. The van der Waals surface area contributed by atoms with Crippen LogP contribution in [0.4, 0.5) is 5.69 Å². The van der Waals surface area contributed by atoms with Crippen LogP contribution in [0.2, 0.25) is 0 Å². The van der Waals surface area contributed by atoms with E-state index in [0.29, 0.717) is 0 Å². The minimum atomic E-state index is 0.744. The van der Waals surface area contributed by atoms with Gasteiger partial charge in [0.15, 0.2) is 0 Å². The highest BCUT2D eigenvalue weighted by molar-refractivity contribution is 9.10. The highest BCUT2D eigenvalue weighted by Gasteiger charge is 2.08. The molecule has 1 aromatic heterocycles. The van der Waals surface area contributed by atoms with Gasteiger partial charge in [0.25, 0.3) is 0 Å². The Morgan fingerprint density at radius 1 is 0.950 bits per heavy atom. The lowest BCUT2D eigenvalue weighted by atomic mass is 10.2. The van der Waals surface area contributed by atoms with Crippen molar-refractivity contribution in [2.75, 3.05) is 5.73 Å². The smallest absolute Gasteiger partial charge is 0.0862 e. The fraction of sp³-hybridized carbons (Fsp3) is 0. The van der Waals surface area contributed by atoms with E-state index < -0.39 is 0 Å². The van der Waals surface area contributed by atoms with E-state index in [1.54, 1.807) is 18.0 Å². The van der Waals surface area contributed by atoms with Crippen molar-refractivity contribution >= 4 is 60.2 Å².